The topological polar surface area (TPSA) is 38.0 Å². The van der Waals surface area contributed by atoms with E-state index in [-0.39, 0.29) is 11.5 Å². The molecule has 1 heterocycles. The molecule has 0 aliphatic heterocycles. The monoisotopic (exact) mass is 236 g/mol. The molecule has 0 bridgehead atoms. The van der Waals surface area contributed by atoms with Gasteiger partial charge < -0.3 is 5.11 Å². The van der Waals surface area contributed by atoms with Crippen molar-refractivity contribution in [2.24, 2.45) is 11.3 Å². The average molecular weight is 236 g/mol. The minimum atomic E-state index is -0.164. The SMILES string of the molecule is Cc1cnn(C2CC(O)CCC2C(C)(C)C)c1. The van der Waals surface area contributed by atoms with Crippen LogP contribution in [0.2, 0.25) is 0 Å². The maximum atomic E-state index is 9.89. The highest BCUT2D eigenvalue weighted by molar-refractivity contribution is 5.02. The number of aryl methyl sites for hydroxylation is 1. The molecule has 17 heavy (non-hydrogen) atoms. The minimum Gasteiger partial charge on any atom is -0.393 e. The second-order valence-electron chi connectivity index (χ2n) is 6.50. The zero-order valence-corrected chi connectivity index (χ0v) is 11.3. The van der Waals surface area contributed by atoms with Gasteiger partial charge in [0.15, 0.2) is 0 Å². The first-order valence-electron chi connectivity index (χ1n) is 6.57. The summed E-state index contributed by atoms with van der Waals surface area (Å²) in [7, 11) is 0. The van der Waals surface area contributed by atoms with Gasteiger partial charge in [-0.15, -0.1) is 0 Å². The lowest BCUT2D eigenvalue weighted by atomic mass is 9.69. The second-order valence-corrected chi connectivity index (χ2v) is 6.50. The van der Waals surface area contributed by atoms with Gasteiger partial charge in [-0.1, -0.05) is 20.8 Å². The highest BCUT2D eigenvalue weighted by Gasteiger charge is 2.38. The van der Waals surface area contributed by atoms with Crippen molar-refractivity contribution in [1.82, 2.24) is 9.78 Å². The molecule has 0 aromatic carbocycles. The zero-order valence-electron chi connectivity index (χ0n) is 11.3. The second kappa shape index (κ2) is 4.45. The van der Waals surface area contributed by atoms with Crippen LogP contribution in [-0.4, -0.2) is 21.0 Å². The van der Waals surface area contributed by atoms with E-state index in [1.807, 2.05) is 6.20 Å². The van der Waals surface area contributed by atoms with Crippen LogP contribution in [0.25, 0.3) is 0 Å². The van der Waals surface area contributed by atoms with Gasteiger partial charge in [-0.05, 0) is 43.1 Å². The van der Waals surface area contributed by atoms with Crippen molar-refractivity contribution in [3.8, 4) is 0 Å². The smallest absolute Gasteiger partial charge is 0.0577 e. The summed E-state index contributed by atoms with van der Waals surface area (Å²) in [5.41, 5.74) is 1.46. The molecule has 1 aromatic rings. The molecule has 1 aromatic heterocycles. The Morgan fingerprint density at radius 3 is 2.59 bits per heavy atom. The van der Waals surface area contributed by atoms with Gasteiger partial charge in [-0.25, -0.2) is 0 Å². The molecule has 3 unspecified atom stereocenters. The third-order valence-corrected chi connectivity index (χ3v) is 3.97. The molecule has 1 aliphatic rings. The number of aliphatic hydroxyl groups is 1. The lowest BCUT2D eigenvalue weighted by molar-refractivity contribution is 0.0254. The molecule has 0 spiro atoms. The summed E-state index contributed by atoms with van der Waals surface area (Å²) in [5.74, 6) is 0.588. The van der Waals surface area contributed by atoms with Crippen molar-refractivity contribution in [1.29, 1.82) is 0 Å². The maximum absolute atomic E-state index is 9.89. The van der Waals surface area contributed by atoms with Gasteiger partial charge in [0.05, 0.1) is 18.3 Å². The number of rotatable bonds is 1. The van der Waals surface area contributed by atoms with E-state index < -0.39 is 0 Å². The number of nitrogens with zero attached hydrogens (tertiary/aromatic N) is 2. The van der Waals surface area contributed by atoms with Crippen LogP contribution >= 0.6 is 0 Å². The molecule has 0 saturated heterocycles. The van der Waals surface area contributed by atoms with Crippen LogP contribution < -0.4 is 0 Å². The summed E-state index contributed by atoms with van der Waals surface area (Å²) in [4.78, 5) is 0. The van der Waals surface area contributed by atoms with Crippen LogP contribution in [-0.2, 0) is 0 Å². The van der Waals surface area contributed by atoms with Crippen LogP contribution in [0.3, 0.4) is 0 Å². The third-order valence-electron chi connectivity index (χ3n) is 3.97. The Bertz CT molecular complexity index is 378. The number of aromatic nitrogens is 2. The normalized spacial score (nSPS) is 30.5. The van der Waals surface area contributed by atoms with Crippen molar-refractivity contribution in [3.63, 3.8) is 0 Å². The van der Waals surface area contributed by atoms with E-state index in [1.165, 1.54) is 5.56 Å². The van der Waals surface area contributed by atoms with Gasteiger partial charge in [-0.3, -0.25) is 4.68 Å². The lowest BCUT2D eigenvalue weighted by Crippen LogP contribution is -2.37. The summed E-state index contributed by atoms with van der Waals surface area (Å²) in [6, 6.07) is 0.340. The molecule has 1 saturated carbocycles. The standard InChI is InChI=1S/C14H24N2O/c1-10-8-15-16(9-10)13-7-11(17)5-6-12(13)14(2,3)4/h8-9,11-13,17H,5-7H2,1-4H3. The van der Waals surface area contributed by atoms with Crippen LogP contribution in [0.5, 0.6) is 0 Å². The van der Waals surface area contributed by atoms with Crippen molar-refractivity contribution in [3.05, 3.63) is 18.0 Å². The van der Waals surface area contributed by atoms with Crippen molar-refractivity contribution < 1.29 is 5.11 Å². The molecule has 3 heteroatoms. The van der Waals surface area contributed by atoms with Gasteiger partial charge in [0.1, 0.15) is 0 Å². The summed E-state index contributed by atoms with van der Waals surface area (Å²) in [6.45, 7) is 8.94. The molecule has 3 nitrogen and oxygen atoms in total. The van der Waals surface area contributed by atoms with E-state index >= 15 is 0 Å². The van der Waals surface area contributed by atoms with Gasteiger partial charge in [0.2, 0.25) is 0 Å². The molecule has 1 fully saturated rings. The van der Waals surface area contributed by atoms with Gasteiger partial charge in [0.25, 0.3) is 0 Å². The molecule has 0 amide bonds. The molecule has 3 atom stereocenters. The largest absolute Gasteiger partial charge is 0.393 e. The first-order valence-corrected chi connectivity index (χ1v) is 6.57. The Morgan fingerprint density at radius 2 is 2.06 bits per heavy atom. The summed E-state index contributed by atoms with van der Waals surface area (Å²) >= 11 is 0. The van der Waals surface area contributed by atoms with Crippen molar-refractivity contribution in [2.45, 2.75) is 59.1 Å². The first-order chi connectivity index (χ1) is 7.88. The third kappa shape index (κ3) is 2.71. The van der Waals surface area contributed by atoms with Gasteiger partial charge in [-0.2, -0.15) is 5.10 Å². The zero-order chi connectivity index (χ0) is 12.6. The van der Waals surface area contributed by atoms with Gasteiger partial charge >= 0.3 is 0 Å². The van der Waals surface area contributed by atoms with E-state index in [2.05, 4.69) is 43.7 Å². The summed E-state index contributed by atoms with van der Waals surface area (Å²) in [5, 5.41) is 14.3. The van der Waals surface area contributed by atoms with Crippen LogP contribution in [0, 0.1) is 18.3 Å². The van der Waals surface area contributed by atoms with Crippen LogP contribution in [0.1, 0.15) is 51.6 Å². The quantitative estimate of drug-likeness (QED) is 0.814. The maximum Gasteiger partial charge on any atom is 0.0577 e. The Balaban J connectivity index is 2.26. The lowest BCUT2D eigenvalue weighted by Gasteiger charge is -2.42. The van der Waals surface area contributed by atoms with Gasteiger partial charge in [0, 0.05) is 6.20 Å². The van der Waals surface area contributed by atoms with Crippen molar-refractivity contribution in [2.75, 3.05) is 0 Å². The van der Waals surface area contributed by atoms with E-state index in [0.717, 1.165) is 19.3 Å². The Hall–Kier alpha value is -0.830. The fourth-order valence-corrected chi connectivity index (χ4v) is 3.04. The predicted octanol–water partition coefficient (Wildman–Crippen LogP) is 2.94. The first kappa shape index (κ1) is 12.6. The van der Waals surface area contributed by atoms with Crippen molar-refractivity contribution >= 4 is 0 Å². The molecule has 2 rings (SSSR count). The minimum absolute atomic E-state index is 0.164. The number of aliphatic hydroxyl groups excluding tert-OH is 1. The predicted molar refractivity (Wildman–Crippen MR) is 68.8 cm³/mol. The van der Waals surface area contributed by atoms with Crippen LogP contribution in [0.15, 0.2) is 12.4 Å². The molecular weight excluding hydrogens is 212 g/mol. The summed E-state index contributed by atoms with van der Waals surface area (Å²) < 4.78 is 2.06. The average Bonchev–Trinajstić information content (AvgIpc) is 2.62. The molecule has 96 valence electrons. The molecular formula is C14H24N2O. The van der Waals surface area contributed by atoms with E-state index in [9.17, 15) is 5.11 Å². The molecule has 1 N–H and O–H groups in total. The Kier molecular flexibility index (Phi) is 3.30. The molecule has 1 aliphatic carbocycles. The highest BCUT2D eigenvalue weighted by Crippen LogP contribution is 2.44. The number of hydrogen-bond acceptors (Lipinski definition) is 2. The molecule has 0 radical (unpaired) electrons. The fraction of sp³-hybridized carbons (Fsp3) is 0.786. The highest BCUT2D eigenvalue weighted by atomic mass is 16.3. The van der Waals surface area contributed by atoms with E-state index in [0.29, 0.717) is 12.0 Å². The summed E-state index contributed by atoms with van der Waals surface area (Å²) in [6.07, 6.45) is 6.70. The van der Waals surface area contributed by atoms with Crippen LogP contribution in [0.4, 0.5) is 0 Å². The van der Waals surface area contributed by atoms with E-state index in [1.54, 1.807) is 0 Å². The fourth-order valence-electron chi connectivity index (χ4n) is 3.04. The Morgan fingerprint density at radius 1 is 1.35 bits per heavy atom. The Labute approximate surface area is 104 Å². The number of hydrogen-bond donors (Lipinski definition) is 1. The van der Waals surface area contributed by atoms with E-state index in [4.69, 9.17) is 0 Å².